The zero-order valence-corrected chi connectivity index (χ0v) is 11.6. The molecule has 1 aliphatic rings. The highest BCUT2D eigenvalue weighted by atomic mass is 16.5. The van der Waals surface area contributed by atoms with Crippen molar-refractivity contribution in [2.75, 3.05) is 0 Å². The molecule has 6 heteroatoms. The molecule has 110 valence electrons. The predicted molar refractivity (Wildman–Crippen MR) is 77.9 cm³/mol. The van der Waals surface area contributed by atoms with Crippen LogP contribution in [-0.4, -0.2) is 27.7 Å². The molecule has 0 saturated carbocycles. The van der Waals surface area contributed by atoms with Crippen LogP contribution in [0.2, 0.25) is 0 Å². The lowest BCUT2D eigenvalue weighted by molar-refractivity contribution is -0.132. The molecule has 1 amide bonds. The molecular formula is C15H18N4O2. The van der Waals surface area contributed by atoms with Crippen LogP contribution in [0.4, 0.5) is 0 Å². The van der Waals surface area contributed by atoms with E-state index in [9.17, 15) is 4.79 Å². The van der Waals surface area contributed by atoms with Crippen molar-refractivity contribution in [3.8, 4) is 11.4 Å². The first kappa shape index (κ1) is 13.8. The number of nitrogens with one attached hydrogen (secondary N) is 1. The second-order valence-corrected chi connectivity index (χ2v) is 5.10. The molecule has 1 saturated heterocycles. The summed E-state index contributed by atoms with van der Waals surface area (Å²) in [5.41, 5.74) is 3.21. The van der Waals surface area contributed by atoms with E-state index in [1.165, 1.54) is 0 Å². The van der Waals surface area contributed by atoms with Gasteiger partial charge in [-0.05, 0) is 12.8 Å². The van der Waals surface area contributed by atoms with E-state index in [0.717, 1.165) is 17.8 Å². The van der Waals surface area contributed by atoms with Crippen LogP contribution >= 0.6 is 0 Å². The number of hydrogen-bond donors (Lipinski definition) is 2. The Balaban J connectivity index is 1.70. The topological polar surface area (TPSA) is 82.2 Å². The van der Waals surface area contributed by atoms with Crippen LogP contribution in [0.25, 0.3) is 11.4 Å². The maximum absolute atomic E-state index is 11.5. The number of ether oxygens (including phenoxy) is 1. The predicted octanol–water partition coefficient (Wildman–Crippen LogP) is 1.09. The third kappa shape index (κ3) is 2.96. The zero-order chi connectivity index (χ0) is 14.7. The molecule has 3 N–H and O–H groups in total. The van der Waals surface area contributed by atoms with Crippen LogP contribution in [0.15, 0.2) is 42.7 Å². The third-order valence-corrected chi connectivity index (χ3v) is 3.69. The minimum atomic E-state index is -0.441. The number of amides is 1. The smallest absolute Gasteiger partial charge is 0.263 e. The number of imidazole rings is 1. The number of rotatable bonds is 4. The Bertz CT molecular complexity index is 611. The van der Waals surface area contributed by atoms with Crippen LogP contribution in [0.3, 0.4) is 0 Å². The van der Waals surface area contributed by atoms with Crippen molar-refractivity contribution in [3.63, 3.8) is 0 Å². The Kier molecular flexibility index (Phi) is 3.98. The summed E-state index contributed by atoms with van der Waals surface area (Å²) < 4.78 is 7.80. The summed E-state index contributed by atoms with van der Waals surface area (Å²) in [6.07, 6.45) is 4.81. The Labute approximate surface area is 122 Å². The summed E-state index contributed by atoms with van der Waals surface area (Å²) in [5, 5.41) is 0. The maximum Gasteiger partial charge on any atom is 0.263 e. The van der Waals surface area contributed by atoms with Gasteiger partial charge < -0.3 is 9.30 Å². The van der Waals surface area contributed by atoms with Gasteiger partial charge in [0.1, 0.15) is 11.9 Å². The fraction of sp³-hybridized carbons (Fsp3) is 0.333. The summed E-state index contributed by atoms with van der Waals surface area (Å²) in [6.45, 7) is 0.679. The number of aromatic nitrogens is 2. The second kappa shape index (κ2) is 6.07. The molecule has 1 aromatic carbocycles. The van der Waals surface area contributed by atoms with E-state index < -0.39 is 6.10 Å². The largest absolute Gasteiger partial charge is 0.363 e. The van der Waals surface area contributed by atoms with Crippen molar-refractivity contribution < 1.29 is 9.53 Å². The lowest BCUT2D eigenvalue weighted by atomic mass is 10.2. The Hall–Kier alpha value is -2.18. The average Bonchev–Trinajstić information content (AvgIpc) is 3.17. The van der Waals surface area contributed by atoms with E-state index in [1.54, 1.807) is 6.20 Å². The van der Waals surface area contributed by atoms with Gasteiger partial charge in [0.25, 0.3) is 5.91 Å². The van der Waals surface area contributed by atoms with Gasteiger partial charge in [-0.25, -0.2) is 10.8 Å². The van der Waals surface area contributed by atoms with Gasteiger partial charge in [0.05, 0.1) is 12.6 Å². The van der Waals surface area contributed by atoms with E-state index in [4.69, 9.17) is 10.6 Å². The van der Waals surface area contributed by atoms with Crippen molar-refractivity contribution >= 4 is 5.91 Å². The lowest BCUT2D eigenvalue weighted by Gasteiger charge is -2.15. The molecule has 1 aromatic heterocycles. The quantitative estimate of drug-likeness (QED) is 0.501. The standard InChI is InChI=1S/C15H18N4O2/c16-18-15(20)13-7-6-12(21-13)10-19-9-8-17-14(19)11-4-2-1-3-5-11/h1-5,8-9,12-13H,6-7,10,16H2,(H,18,20). The van der Waals surface area contributed by atoms with Gasteiger partial charge in [-0.1, -0.05) is 30.3 Å². The zero-order valence-electron chi connectivity index (χ0n) is 11.6. The molecule has 2 aromatic rings. The lowest BCUT2D eigenvalue weighted by Crippen LogP contribution is -2.39. The minimum Gasteiger partial charge on any atom is -0.363 e. The van der Waals surface area contributed by atoms with Gasteiger partial charge >= 0.3 is 0 Å². The van der Waals surface area contributed by atoms with Crippen molar-refractivity contribution in [3.05, 3.63) is 42.7 Å². The first-order valence-corrected chi connectivity index (χ1v) is 7.00. The van der Waals surface area contributed by atoms with Gasteiger partial charge in [0.15, 0.2) is 0 Å². The van der Waals surface area contributed by atoms with E-state index in [2.05, 4.69) is 15.0 Å². The van der Waals surface area contributed by atoms with E-state index in [-0.39, 0.29) is 12.0 Å². The fourth-order valence-electron chi connectivity index (χ4n) is 2.65. The van der Waals surface area contributed by atoms with Crippen molar-refractivity contribution in [1.29, 1.82) is 0 Å². The number of nitrogens with zero attached hydrogens (tertiary/aromatic N) is 2. The maximum atomic E-state index is 11.5. The van der Waals surface area contributed by atoms with Gasteiger partial charge in [-0.3, -0.25) is 10.2 Å². The fourth-order valence-corrected chi connectivity index (χ4v) is 2.65. The average molecular weight is 286 g/mol. The first-order valence-electron chi connectivity index (χ1n) is 7.00. The summed E-state index contributed by atoms with van der Waals surface area (Å²) in [4.78, 5) is 15.9. The highest BCUT2D eigenvalue weighted by Crippen LogP contribution is 2.23. The van der Waals surface area contributed by atoms with Crippen LogP contribution in [-0.2, 0) is 16.1 Å². The van der Waals surface area contributed by atoms with Gasteiger partial charge in [-0.2, -0.15) is 0 Å². The number of hydrogen-bond acceptors (Lipinski definition) is 4. The number of hydrazine groups is 1. The van der Waals surface area contributed by atoms with Crippen LogP contribution in [0, 0.1) is 0 Å². The number of carbonyl (C=O) groups excluding carboxylic acids is 1. The second-order valence-electron chi connectivity index (χ2n) is 5.10. The monoisotopic (exact) mass is 286 g/mol. The SMILES string of the molecule is NNC(=O)C1CCC(Cn2ccnc2-c2ccccc2)O1. The molecule has 0 spiro atoms. The van der Waals surface area contributed by atoms with Gasteiger partial charge in [0.2, 0.25) is 0 Å². The summed E-state index contributed by atoms with van der Waals surface area (Å²) >= 11 is 0. The number of benzene rings is 1. The summed E-state index contributed by atoms with van der Waals surface area (Å²) in [6, 6.07) is 10.0. The third-order valence-electron chi connectivity index (χ3n) is 3.69. The van der Waals surface area contributed by atoms with Crippen molar-refractivity contribution in [2.24, 2.45) is 5.84 Å². The minimum absolute atomic E-state index is 0.00367. The highest BCUT2D eigenvalue weighted by molar-refractivity contribution is 5.80. The molecule has 1 fully saturated rings. The molecule has 1 aliphatic heterocycles. The Morgan fingerprint density at radius 1 is 1.38 bits per heavy atom. The molecule has 0 aliphatic carbocycles. The Morgan fingerprint density at radius 3 is 2.95 bits per heavy atom. The van der Waals surface area contributed by atoms with Gasteiger partial charge in [-0.15, -0.1) is 0 Å². The molecule has 2 heterocycles. The molecule has 2 unspecified atom stereocenters. The molecular weight excluding hydrogens is 268 g/mol. The number of carbonyl (C=O) groups is 1. The molecule has 6 nitrogen and oxygen atoms in total. The normalized spacial score (nSPS) is 21.4. The first-order chi connectivity index (χ1) is 10.3. The van der Waals surface area contributed by atoms with Crippen LogP contribution in [0.5, 0.6) is 0 Å². The van der Waals surface area contributed by atoms with Crippen LogP contribution < -0.4 is 11.3 Å². The van der Waals surface area contributed by atoms with Gasteiger partial charge in [0, 0.05) is 18.0 Å². The van der Waals surface area contributed by atoms with E-state index in [0.29, 0.717) is 13.0 Å². The number of nitrogens with two attached hydrogens (primary N) is 1. The molecule has 0 radical (unpaired) electrons. The highest BCUT2D eigenvalue weighted by Gasteiger charge is 2.30. The van der Waals surface area contributed by atoms with Crippen LogP contribution in [0.1, 0.15) is 12.8 Å². The van der Waals surface area contributed by atoms with E-state index in [1.807, 2.05) is 36.5 Å². The van der Waals surface area contributed by atoms with Crippen molar-refractivity contribution in [1.82, 2.24) is 15.0 Å². The molecule has 21 heavy (non-hydrogen) atoms. The molecule has 0 bridgehead atoms. The summed E-state index contributed by atoms with van der Waals surface area (Å²) in [5.74, 6) is 5.79. The van der Waals surface area contributed by atoms with Crippen molar-refractivity contribution in [2.45, 2.75) is 31.6 Å². The summed E-state index contributed by atoms with van der Waals surface area (Å²) in [7, 11) is 0. The molecule has 2 atom stereocenters. The Morgan fingerprint density at radius 2 is 2.19 bits per heavy atom. The molecule has 3 rings (SSSR count). The van der Waals surface area contributed by atoms with E-state index >= 15 is 0 Å².